The molecule has 0 saturated carbocycles. The van der Waals surface area contributed by atoms with Crippen molar-refractivity contribution in [2.75, 3.05) is 0 Å². The number of hydrogen-bond donors (Lipinski definition) is 1. The summed E-state index contributed by atoms with van der Waals surface area (Å²) in [5, 5.41) is 14.1. The first-order chi connectivity index (χ1) is 11.1. The molecule has 0 aliphatic carbocycles. The van der Waals surface area contributed by atoms with Crippen LogP contribution in [-0.2, 0) is 9.59 Å². The average molecular weight is 334 g/mol. The van der Waals surface area contributed by atoms with Crippen molar-refractivity contribution in [3.63, 3.8) is 0 Å². The molecule has 1 aromatic rings. The lowest BCUT2D eigenvalue weighted by Crippen LogP contribution is -2.36. The van der Waals surface area contributed by atoms with Gasteiger partial charge in [-0.15, -0.1) is 0 Å². The minimum absolute atomic E-state index is 0.0304. The van der Waals surface area contributed by atoms with Crippen LogP contribution in [0, 0.1) is 21.4 Å². The highest BCUT2D eigenvalue weighted by atomic mass is 16.6. The zero-order valence-electron chi connectivity index (χ0n) is 15.0. The maximum absolute atomic E-state index is 12.6. The number of para-hydroxylation sites is 1. The molecule has 0 heterocycles. The van der Waals surface area contributed by atoms with E-state index in [0.717, 1.165) is 0 Å². The summed E-state index contributed by atoms with van der Waals surface area (Å²) in [5.74, 6) is -0.540. The van der Waals surface area contributed by atoms with Gasteiger partial charge in [-0.25, -0.2) is 0 Å². The second-order valence-electron chi connectivity index (χ2n) is 6.90. The molecule has 0 radical (unpaired) electrons. The maximum atomic E-state index is 12.6. The number of ketones is 1. The molecule has 0 fully saturated rings. The molecule has 1 unspecified atom stereocenters. The number of nitro benzene ring substituents is 1. The summed E-state index contributed by atoms with van der Waals surface area (Å²) in [6.07, 6.45) is 0.692. The molecule has 6 heteroatoms. The van der Waals surface area contributed by atoms with Gasteiger partial charge in [0.2, 0.25) is 5.91 Å². The van der Waals surface area contributed by atoms with Gasteiger partial charge < -0.3 is 5.32 Å². The molecular weight excluding hydrogens is 308 g/mol. The van der Waals surface area contributed by atoms with E-state index in [9.17, 15) is 19.7 Å². The highest BCUT2D eigenvalue weighted by Crippen LogP contribution is 2.31. The molecule has 1 amide bonds. The first kappa shape index (κ1) is 19.8. The minimum Gasteiger partial charge on any atom is -0.348 e. The van der Waals surface area contributed by atoms with E-state index in [1.165, 1.54) is 6.07 Å². The van der Waals surface area contributed by atoms with Crippen LogP contribution in [0.3, 0.4) is 0 Å². The molecule has 0 saturated heterocycles. The maximum Gasteiger partial charge on any atom is 0.274 e. The van der Waals surface area contributed by atoms with Crippen LogP contribution in [0.1, 0.15) is 59.1 Å². The molecule has 0 aliphatic rings. The smallest absolute Gasteiger partial charge is 0.274 e. The molecule has 0 aromatic heterocycles. The van der Waals surface area contributed by atoms with Crippen LogP contribution in [0.5, 0.6) is 0 Å². The fourth-order valence-electron chi connectivity index (χ4n) is 2.18. The Kier molecular flexibility index (Phi) is 6.63. The number of nitro groups is 1. The summed E-state index contributed by atoms with van der Waals surface area (Å²) in [4.78, 5) is 35.5. The van der Waals surface area contributed by atoms with Crippen molar-refractivity contribution in [1.29, 1.82) is 0 Å². The van der Waals surface area contributed by atoms with Crippen LogP contribution in [0.25, 0.3) is 0 Å². The van der Waals surface area contributed by atoms with Crippen molar-refractivity contribution in [3.05, 3.63) is 39.9 Å². The molecule has 1 N–H and O–H groups in total. The summed E-state index contributed by atoms with van der Waals surface area (Å²) in [7, 11) is 0. The van der Waals surface area contributed by atoms with E-state index in [4.69, 9.17) is 0 Å². The normalized spacial score (nSPS) is 12.8. The Morgan fingerprint density at radius 3 is 2.33 bits per heavy atom. The number of nitrogens with zero attached hydrogens (tertiary/aromatic N) is 1. The number of benzene rings is 1. The number of hydrogen-bond acceptors (Lipinski definition) is 4. The van der Waals surface area contributed by atoms with Gasteiger partial charge in [0.15, 0.2) is 0 Å². The van der Waals surface area contributed by atoms with Crippen molar-refractivity contribution in [1.82, 2.24) is 5.32 Å². The lowest BCUT2D eigenvalue weighted by Gasteiger charge is -2.26. The van der Waals surface area contributed by atoms with E-state index in [0.29, 0.717) is 12.0 Å². The zero-order chi connectivity index (χ0) is 18.5. The van der Waals surface area contributed by atoms with Crippen molar-refractivity contribution in [2.45, 2.75) is 53.5 Å². The van der Waals surface area contributed by atoms with Crippen molar-refractivity contribution < 1.29 is 14.5 Å². The third-order valence-electron chi connectivity index (χ3n) is 4.38. The molecule has 1 atom stereocenters. The average Bonchev–Trinajstić information content (AvgIpc) is 2.53. The van der Waals surface area contributed by atoms with E-state index in [1.807, 2.05) is 20.8 Å². The second kappa shape index (κ2) is 8.04. The molecule has 1 aromatic carbocycles. The lowest BCUT2D eigenvalue weighted by atomic mass is 9.81. The Hall–Kier alpha value is -2.24. The second-order valence-corrected chi connectivity index (χ2v) is 6.90. The number of nitrogens with one attached hydrogen (secondary N) is 1. The highest BCUT2D eigenvalue weighted by molar-refractivity contribution is 5.86. The van der Waals surface area contributed by atoms with Crippen LogP contribution in [0.2, 0.25) is 0 Å². The minimum atomic E-state index is -0.708. The fourth-order valence-corrected chi connectivity index (χ4v) is 2.18. The van der Waals surface area contributed by atoms with Crippen molar-refractivity contribution in [2.24, 2.45) is 11.3 Å². The molecule has 1 rings (SSSR count). The Morgan fingerprint density at radius 1 is 1.25 bits per heavy atom. The number of amides is 1. The molecule has 0 spiro atoms. The number of carbonyl (C=O) groups is 2. The van der Waals surface area contributed by atoms with Gasteiger partial charge in [0.25, 0.3) is 5.69 Å². The van der Waals surface area contributed by atoms with Gasteiger partial charge in [-0.05, 0) is 6.42 Å². The molecule has 24 heavy (non-hydrogen) atoms. The first-order valence-electron chi connectivity index (χ1n) is 8.17. The standard InChI is InChI=1S/C18H26N2O4/c1-6-18(4,5)16(21)11-14(19-17(22)12(2)3)13-9-7-8-10-15(13)20(23)24/h7-10,12,14H,6,11H2,1-5H3,(H,19,22). The summed E-state index contributed by atoms with van der Waals surface area (Å²) in [5.41, 5.74) is -0.268. The van der Waals surface area contributed by atoms with Crippen LogP contribution in [-0.4, -0.2) is 16.6 Å². The van der Waals surface area contributed by atoms with Gasteiger partial charge in [-0.3, -0.25) is 19.7 Å². The van der Waals surface area contributed by atoms with Gasteiger partial charge in [-0.2, -0.15) is 0 Å². The Morgan fingerprint density at radius 2 is 1.83 bits per heavy atom. The summed E-state index contributed by atoms with van der Waals surface area (Å²) in [6, 6.07) is 5.52. The molecular formula is C18H26N2O4. The molecule has 0 bridgehead atoms. The van der Waals surface area contributed by atoms with Crippen LogP contribution in [0.15, 0.2) is 24.3 Å². The van der Waals surface area contributed by atoms with Gasteiger partial charge in [0, 0.05) is 23.8 Å². The van der Waals surface area contributed by atoms with Gasteiger partial charge in [0.1, 0.15) is 5.78 Å². The Labute approximate surface area is 142 Å². The van der Waals surface area contributed by atoms with E-state index in [2.05, 4.69) is 5.32 Å². The van der Waals surface area contributed by atoms with E-state index >= 15 is 0 Å². The first-order valence-corrected chi connectivity index (χ1v) is 8.17. The monoisotopic (exact) mass is 334 g/mol. The van der Waals surface area contributed by atoms with Crippen LogP contribution in [0.4, 0.5) is 5.69 Å². The highest BCUT2D eigenvalue weighted by Gasteiger charge is 2.31. The third kappa shape index (κ3) is 4.88. The number of Topliss-reactive ketones (excluding diaryl/α,β-unsaturated/α-hetero) is 1. The summed E-state index contributed by atoms with van der Waals surface area (Å²) < 4.78 is 0. The summed E-state index contributed by atoms with van der Waals surface area (Å²) in [6.45, 7) is 9.09. The SMILES string of the molecule is CCC(C)(C)C(=O)CC(NC(=O)C(C)C)c1ccccc1[N+](=O)[O-]. The van der Waals surface area contributed by atoms with E-state index < -0.39 is 16.4 Å². The van der Waals surface area contributed by atoms with E-state index in [1.54, 1.807) is 32.0 Å². The van der Waals surface area contributed by atoms with E-state index in [-0.39, 0.29) is 29.7 Å². The summed E-state index contributed by atoms with van der Waals surface area (Å²) >= 11 is 0. The van der Waals surface area contributed by atoms with Gasteiger partial charge in [0.05, 0.1) is 16.5 Å². The largest absolute Gasteiger partial charge is 0.348 e. The van der Waals surface area contributed by atoms with Gasteiger partial charge >= 0.3 is 0 Å². The third-order valence-corrected chi connectivity index (χ3v) is 4.38. The lowest BCUT2D eigenvalue weighted by molar-refractivity contribution is -0.385. The zero-order valence-corrected chi connectivity index (χ0v) is 15.0. The topological polar surface area (TPSA) is 89.3 Å². The predicted molar refractivity (Wildman–Crippen MR) is 92.5 cm³/mol. The van der Waals surface area contributed by atoms with Crippen LogP contribution < -0.4 is 5.32 Å². The van der Waals surface area contributed by atoms with Crippen LogP contribution >= 0.6 is 0 Å². The number of rotatable bonds is 8. The van der Waals surface area contributed by atoms with Crippen molar-refractivity contribution >= 4 is 17.4 Å². The molecule has 6 nitrogen and oxygen atoms in total. The fraction of sp³-hybridized carbons (Fsp3) is 0.556. The number of carbonyl (C=O) groups excluding carboxylic acids is 2. The van der Waals surface area contributed by atoms with Gasteiger partial charge in [-0.1, -0.05) is 52.8 Å². The molecule has 0 aliphatic heterocycles. The molecule has 132 valence electrons. The van der Waals surface area contributed by atoms with Crippen molar-refractivity contribution in [3.8, 4) is 0 Å². The Bertz CT molecular complexity index is 623. The predicted octanol–water partition coefficient (Wildman–Crippen LogP) is 3.80. The Balaban J connectivity index is 3.22. The quantitative estimate of drug-likeness (QED) is 0.578.